The average molecular weight is 841 g/mol. The van der Waals surface area contributed by atoms with Crippen LogP contribution in [-0.4, -0.2) is 68.5 Å². The first-order chi connectivity index (χ1) is 28.0. The second-order valence-corrected chi connectivity index (χ2v) is 19.6. The molecule has 0 bridgehead atoms. The molecule has 8 nitrogen and oxygen atoms in total. The molecule has 0 rings (SSSR count). The maximum absolute atomic E-state index is 12.9. The van der Waals surface area contributed by atoms with E-state index in [1.165, 1.54) is 173 Å². The maximum atomic E-state index is 12.9. The van der Waals surface area contributed by atoms with Gasteiger partial charge in [-0.25, -0.2) is 0 Å². The summed E-state index contributed by atoms with van der Waals surface area (Å²) in [6.45, 7) is 4.65. The van der Waals surface area contributed by atoms with Crippen molar-refractivity contribution in [1.29, 1.82) is 0 Å². The molecule has 0 radical (unpaired) electrons. The van der Waals surface area contributed by atoms with Crippen molar-refractivity contribution in [3.63, 3.8) is 0 Å². The van der Waals surface area contributed by atoms with Gasteiger partial charge in [-0.15, -0.1) is 0 Å². The number of hydrogen-bond donors (Lipinski definition) is 2. The van der Waals surface area contributed by atoms with Crippen LogP contribution in [0.2, 0.25) is 0 Å². The van der Waals surface area contributed by atoms with Crippen LogP contribution in [-0.2, 0) is 18.4 Å². The van der Waals surface area contributed by atoms with Crippen LogP contribution >= 0.6 is 7.82 Å². The molecular weight excluding hydrogens is 744 g/mol. The first kappa shape index (κ1) is 57.0. The number of aliphatic hydroxyl groups excluding tert-OH is 1. The summed E-state index contributed by atoms with van der Waals surface area (Å²) in [6, 6.07) is -0.898. The summed E-state index contributed by atoms with van der Waals surface area (Å²) < 4.78 is 23.2. The first-order valence-electron chi connectivity index (χ1n) is 24.7. The number of phosphoric acid groups is 1. The average Bonchev–Trinajstić information content (AvgIpc) is 3.17. The zero-order valence-electron chi connectivity index (χ0n) is 39.0. The zero-order chi connectivity index (χ0) is 42.8. The van der Waals surface area contributed by atoms with Crippen LogP contribution in [0.15, 0.2) is 24.3 Å². The van der Waals surface area contributed by atoms with Crippen molar-refractivity contribution in [2.24, 2.45) is 0 Å². The predicted molar refractivity (Wildman–Crippen MR) is 247 cm³/mol. The van der Waals surface area contributed by atoms with Gasteiger partial charge in [-0.2, -0.15) is 0 Å². The van der Waals surface area contributed by atoms with Crippen molar-refractivity contribution in [2.45, 2.75) is 244 Å². The lowest BCUT2D eigenvalue weighted by molar-refractivity contribution is -0.870. The van der Waals surface area contributed by atoms with Gasteiger partial charge in [-0.3, -0.25) is 9.36 Å². The minimum atomic E-state index is -4.59. The Morgan fingerprint density at radius 3 is 1.40 bits per heavy atom. The van der Waals surface area contributed by atoms with Crippen LogP contribution < -0.4 is 10.2 Å². The van der Waals surface area contributed by atoms with Crippen LogP contribution in [0.25, 0.3) is 0 Å². The smallest absolute Gasteiger partial charge is 0.268 e. The summed E-state index contributed by atoms with van der Waals surface area (Å²) in [5, 5.41) is 13.8. The number of phosphoric ester groups is 1. The van der Waals surface area contributed by atoms with Gasteiger partial charge in [0.1, 0.15) is 13.2 Å². The standard InChI is InChI=1S/C49H97N2O6P/c1-6-8-10-12-14-16-18-20-22-24-25-27-28-30-32-34-36-38-40-42-48(52)47(46-57-58(54,55)56-45-44-51(3,4)5)50-49(53)43-41-39-37-35-33-31-29-26-23-21-19-17-15-13-11-9-7-2/h32,34,40,42,47-48,52H,6-31,33,35-39,41,43-46H2,1-5H3,(H-,50,53,54,55)/b34-32+,42-40+. The number of unbranched alkanes of at least 4 members (excludes halogenated alkanes) is 30. The molecule has 3 unspecified atom stereocenters. The largest absolute Gasteiger partial charge is 0.756 e. The Bertz CT molecular complexity index is 1000. The van der Waals surface area contributed by atoms with E-state index in [9.17, 15) is 19.4 Å². The van der Waals surface area contributed by atoms with Crippen LogP contribution in [0.4, 0.5) is 0 Å². The number of hydrogen-bond acceptors (Lipinski definition) is 6. The van der Waals surface area contributed by atoms with Gasteiger partial charge in [0.05, 0.1) is 39.9 Å². The second-order valence-electron chi connectivity index (χ2n) is 18.2. The molecule has 2 N–H and O–H groups in total. The number of quaternary nitrogens is 1. The Kier molecular flexibility index (Phi) is 40.6. The van der Waals surface area contributed by atoms with Gasteiger partial charge in [0.2, 0.25) is 5.91 Å². The van der Waals surface area contributed by atoms with Gasteiger partial charge < -0.3 is 28.8 Å². The lowest BCUT2D eigenvalue weighted by Crippen LogP contribution is -2.45. The van der Waals surface area contributed by atoms with Gasteiger partial charge in [-0.05, 0) is 32.1 Å². The summed E-state index contributed by atoms with van der Waals surface area (Å²) in [4.78, 5) is 25.4. The summed E-state index contributed by atoms with van der Waals surface area (Å²) in [7, 11) is 1.25. The Morgan fingerprint density at radius 2 is 0.966 bits per heavy atom. The SMILES string of the molecule is CCCCCCCCCCCCCCC/C=C/CC/C=C/C(O)C(COP(=O)([O-])OCC[N+](C)(C)C)NC(=O)CCCCCCCCCCCCCCCCCCC. The third-order valence-electron chi connectivity index (χ3n) is 11.2. The molecule has 0 saturated heterocycles. The lowest BCUT2D eigenvalue weighted by atomic mass is 10.0. The van der Waals surface area contributed by atoms with E-state index in [0.717, 1.165) is 38.5 Å². The Balaban J connectivity index is 4.37. The molecule has 0 aliphatic carbocycles. The first-order valence-corrected chi connectivity index (χ1v) is 26.2. The van der Waals surface area contributed by atoms with Crippen LogP contribution in [0.3, 0.4) is 0 Å². The fourth-order valence-electron chi connectivity index (χ4n) is 7.23. The van der Waals surface area contributed by atoms with E-state index in [1.54, 1.807) is 6.08 Å². The number of carbonyl (C=O) groups is 1. The number of carbonyl (C=O) groups excluding carboxylic acids is 1. The van der Waals surface area contributed by atoms with E-state index >= 15 is 0 Å². The van der Waals surface area contributed by atoms with Gasteiger partial charge in [0, 0.05) is 6.42 Å². The van der Waals surface area contributed by atoms with E-state index in [2.05, 4.69) is 31.3 Å². The minimum Gasteiger partial charge on any atom is -0.756 e. The van der Waals surface area contributed by atoms with E-state index < -0.39 is 20.0 Å². The predicted octanol–water partition coefficient (Wildman–Crippen LogP) is 13.5. The van der Waals surface area contributed by atoms with Crippen molar-refractivity contribution < 1.29 is 32.9 Å². The zero-order valence-corrected chi connectivity index (χ0v) is 39.9. The molecule has 9 heteroatoms. The van der Waals surface area contributed by atoms with Crippen molar-refractivity contribution in [1.82, 2.24) is 5.32 Å². The quantitative estimate of drug-likeness (QED) is 0.0274. The molecule has 0 heterocycles. The number of likely N-dealkylation sites (N-methyl/N-ethyl adjacent to an activating group) is 1. The summed E-state index contributed by atoms with van der Waals surface area (Å²) >= 11 is 0. The van der Waals surface area contributed by atoms with Gasteiger partial charge in [0.25, 0.3) is 7.82 Å². The molecule has 3 atom stereocenters. The van der Waals surface area contributed by atoms with E-state index in [1.807, 2.05) is 27.2 Å². The topological polar surface area (TPSA) is 108 Å². The monoisotopic (exact) mass is 841 g/mol. The molecule has 0 aromatic rings. The van der Waals surface area contributed by atoms with Gasteiger partial charge >= 0.3 is 0 Å². The number of nitrogens with zero attached hydrogens (tertiary/aromatic N) is 1. The number of nitrogens with one attached hydrogen (secondary N) is 1. The van der Waals surface area contributed by atoms with Crippen molar-refractivity contribution >= 4 is 13.7 Å². The van der Waals surface area contributed by atoms with Crippen LogP contribution in [0.1, 0.15) is 232 Å². The molecule has 0 aromatic carbocycles. The highest BCUT2D eigenvalue weighted by Crippen LogP contribution is 2.38. The molecule has 0 saturated carbocycles. The Hall–Kier alpha value is -1.02. The Morgan fingerprint density at radius 1 is 0.586 bits per heavy atom. The van der Waals surface area contributed by atoms with Crippen LogP contribution in [0.5, 0.6) is 0 Å². The number of rotatable bonds is 45. The molecule has 0 fully saturated rings. The number of aliphatic hydroxyl groups is 1. The minimum absolute atomic E-state index is 0.00402. The Labute approximate surface area is 360 Å². The summed E-state index contributed by atoms with van der Waals surface area (Å²) in [6.07, 6.45) is 49.4. The van der Waals surface area contributed by atoms with E-state index in [-0.39, 0.29) is 19.1 Å². The number of allylic oxidation sites excluding steroid dienone is 3. The molecular formula is C49H97N2O6P. The molecule has 0 spiro atoms. The van der Waals surface area contributed by atoms with E-state index in [4.69, 9.17) is 9.05 Å². The highest BCUT2D eigenvalue weighted by atomic mass is 31.2. The second kappa shape index (κ2) is 41.3. The lowest BCUT2D eigenvalue weighted by Gasteiger charge is -2.29. The highest BCUT2D eigenvalue weighted by molar-refractivity contribution is 7.45. The van der Waals surface area contributed by atoms with Crippen molar-refractivity contribution in [3.8, 4) is 0 Å². The molecule has 0 aliphatic heterocycles. The summed E-state index contributed by atoms with van der Waals surface area (Å²) in [5.41, 5.74) is 0. The molecule has 0 aromatic heterocycles. The normalized spacial score (nSPS) is 14.4. The molecule has 58 heavy (non-hydrogen) atoms. The van der Waals surface area contributed by atoms with Crippen molar-refractivity contribution in [3.05, 3.63) is 24.3 Å². The van der Waals surface area contributed by atoms with E-state index in [0.29, 0.717) is 17.4 Å². The van der Waals surface area contributed by atoms with Gasteiger partial charge in [-0.1, -0.05) is 218 Å². The van der Waals surface area contributed by atoms with Gasteiger partial charge in [0.15, 0.2) is 0 Å². The highest BCUT2D eigenvalue weighted by Gasteiger charge is 2.23. The maximum Gasteiger partial charge on any atom is 0.268 e. The molecule has 0 aliphatic rings. The van der Waals surface area contributed by atoms with Crippen molar-refractivity contribution in [2.75, 3.05) is 40.9 Å². The fourth-order valence-corrected chi connectivity index (χ4v) is 7.95. The van der Waals surface area contributed by atoms with Crippen LogP contribution in [0, 0.1) is 0 Å². The third-order valence-corrected chi connectivity index (χ3v) is 12.1. The molecule has 344 valence electrons. The fraction of sp³-hybridized carbons (Fsp3) is 0.898. The number of amides is 1. The molecule has 1 amide bonds. The third kappa shape index (κ3) is 43.1. The summed E-state index contributed by atoms with van der Waals surface area (Å²) in [5.74, 6) is -0.204.